The fraction of sp³-hybridized carbons (Fsp3) is 0.316. The monoisotopic (exact) mass is 281 g/mol. The van der Waals surface area contributed by atoms with Gasteiger partial charge in [0.05, 0.1) is 6.04 Å². The first-order valence-corrected chi connectivity index (χ1v) is 7.34. The van der Waals surface area contributed by atoms with Gasteiger partial charge in [-0.15, -0.1) is 0 Å². The van der Waals surface area contributed by atoms with Crippen molar-refractivity contribution in [1.29, 1.82) is 0 Å². The van der Waals surface area contributed by atoms with Crippen molar-refractivity contribution in [1.82, 2.24) is 4.90 Å². The lowest BCUT2D eigenvalue weighted by atomic mass is 10.0. The maximum Gasteiger partial charge on any atom is 0.179 e. The molecule has 0 radical (unpaired) electrons. The Kier molecular flexibility index (Phi) is 4.92. The van der Waals surface area contributed by atoms with Crippen LogP contribution in [0.4, 0.5) is 0 Å². The molecular weight excluding hydrogens is 258 g/mol. The number of hydrogen-bond donors (Lipinski definition) is 0. The van der Waals surface area contributed by atoms with E-state index in [1.165, 1.54) is 16.7 Å². The van der Waals surface area contributed by atoms with Crippen LogP contribution in [0.2, 0.25) is 0 Å². The SMILES string of the molecule is Cc1ccc(C(=O)C(C)N(C)Cc2cccc(C)c2)cc1. The van der Waals surface area contributed by atoms with Crippen LogP contribution in [-0.2, 0) is 6.54 Å². The van der Waals surface area contributed by atoms with Crippen molar-refractivity contribution in [3.63, 3.8) is 0 Å². The molecule has 0 amide bonds. The van der Waals surface area contributed by atoms with E-state index in [1.54, 1.807) is 0 Å². The van der Waals surface area contributed by atoms with Gasteiger partial charge in [-0.05, 0) is 33.4 Å². The average Bonchev–Trinajstić information content (AvgIpc) is 2.46. The van der Waals surface area contributed by atoms with Gasteiger partial charge in [0.1, 0.15) is 0 Å². The van der Waals surface area contributed by atoms with Crippen LogP contribution < -0.4 is 0 Å². The zero-order chi connectivity index (χ0) is 15.4. The van der Waals surface area contributed by atoms with Crippen LogP contribution in [0.15, 0.2) is 48.5 Å². The number of benzene rings is 2. The zero-order valence-electron chi connectivity index (χ0n) is 13.3. The Morgan fingerprint density at radius 2 is 1.71 bits per heavy atom. The normalized spacial score (nSPS) is 12.4. The number of carbonyl (C=O) groups excluding carboxylic acids is 1. The van der Waals surface area contributed by atoms with Gasteiger partial charge >= 0.3 is 0 Å². The van der Waals surface area contributed by atoms with Gasteiger partial charge in [0.15, 0.2) is 5.78 Å². The topological polar surface area (TPSA) is 20.3 Å². The van der Waals surface area contributed by atoms with E-state index in [4.69, 9.17) is 0 Å². The molecule has 0 spiro atoms. The van der Waals surface area contributed by atoms with E-state index in [0.29, 0.717) is 0 Å². The summed E-state index contributed by atoms with van der Waals surface area (Å²) in [4.78, 5) is 14.6. The minimum atomic E-state index is -0.131. The Balaban J connectivity index is 2.06. The van der Waals surface area contributed by atoms with Crippen molar-refractivity contribution in [2.24, 2.45) is 0 Å². The van der Waals surface area contributed by atoms with Crippen molar-refractivity contribution in [2.75, 3.05) is 7.05 Å². The molecule has 0 aliphatic carbocycles. The molecule has 2 heteroatoms. The minimum Gasteiger partial charge on any atom is -0.292 e. The van der Waals surface area contributed by atoms with Gasteiger partial charge in [-0.1, -0.05) is 59.7 Å². The lowest BCUT2D eigenvalue weighted by molar-refractivity contribution is 0.0862. The Labute approximate surface area is 127 Å². The summed E-state index contributed by atoms with van der Waals surface area (Å²) >= 11 is 0. The lowest BCUT2D eigenvalue weighted by Gasteiger charge is -2.24. The predicted molar refractivity (Wildman–Crippen MR) is 87.6 cm³/mol. The summed E-state index contributed by atoms with van der Waals surface area (Å²) in [5.74, 6) is 0.171. The molecule has 0 aliphatic rings. The van der Waals surface area contributed by atoms with Crippen LogP contribution in [0.3, 0.4) is 0 Å². The highest BCUT2D eigenvalue weighted by atomic mass is 16.1. The first-order chi connectivity index (χ1) is 9.97. The number of rotatable bonds is 5. The number of carbonyl (C=O) groups is 1. The molecule has 21 heavy (non-hydrogen) atoms. The first kappa shape index (κ1) is 15.5. The Morgan fingerprint density at radius 3 is 2.33 bits per heavy atom. The van der Waals surface area contributed by atoms with Gasteiger partial charge in [0, 0.05) is 12.1 Å². The van der Waals surface area contributed by atoms with E-state index >= 15 is 0 Å². The molecule has 0 saturated carbocycles. The van der Waals surface area contributed by atoms with Crippen molar-refractivity contribution in [3.05, 3.63) is 70.8 Å². The molecule has 110 valence electrons. The van der Waals surface area contributed by atoms with Crippen LogP contribution in [0.1, 0.15) is 34.0 Å². The third-order valence-electron chi connectivity index (χ3n) is 3.89. The summed E-state index contributed by atoms with van der Waals surface area (Å²) in [6.07, 6.45) is 0. The fourth-order valence-electron chi connectivity index (χ4n) is 2.39. The highest BCUT2D eigenvalue weighted by Gasteiger charge is 2.19. The van der Waals surface area contributed by atoms with Crippen LogP contribution in [-0.4, -0.2) is 23.8 Å². The second-order valence-corrected chi connectivity index (χ2v) is 5.81. The molecule has 0 aromatic heterocycles. The standard InChI is InChI=1S/C19H23NO/c1-14-8-10-18(11-9-14)19(21)16(3)20(4)13-17-7-5-6-15(2)12-17/h5-12,16H,13H2,1-4H3. The van der Waals surface area contributed by atoms with Gasteiger partial charge in [-0.25, -0.2) is 0 Å². The molecule has 0 fully saturated rings. The van der Waals surface area contributed by atoms with Crippen LogP contribution in [0, 0.1) is 13.8 Å². The zero-order valence-corrected chi connectivity index (χ0v) is 13.3. The Morgan fingerprint density at radius 1 is 1.05 bits per heavy atom. The molecule has 1 atom stereocenters. The molecular formula is C19H23NO. The molecule has 1 unspecified atom stereocenters. The van der Waals surface area contributed by atoms with Crippen LogP contribution in [0.25, 0.3) is 0 Å². The minimum absolute atomic E-state index is 0.131. The van der Waals surface area contributed by atoms with E-state index in [-0.39, 0.29) is 11.8 Å². The number of Topliss-reactive ketones (excluding diaryl/α,β-unsaturated/α-hetero) is 1. The number of likely N-dealkylation sites (N-methyl/N-ethyl adjacent to an activating group) is 1. The summed E-state index contributed by atoms with van der Waals surface area (Å²) in [5.41, 5.74) is 4.44. The number of ketones is 1. The largest absolute Gasteiger partial charge is 0.292 e. The third-order valence-corrected chi connectivity index (χ3v) is 3.89. The Hall–Kier alpha value is -1.93. The molecule has 0 heterocycles. The smallest absolute Gasteiger partial charge is 0.179 e. The van der Waals surface area contributed by atoms with E-state index in [9.17, 15) is 4.79 Å². The van der Waals surface area contributed by atoms with Crippen molar-refractivity contribution in [2.45, 2.75) is 33.4 Å². The first-order valence-electron chi connectivity index (χ1n) is 7.34. The summed E-state index contributed by atoms with van der Waals surface area (Å²) in [6, 6.07) is 16.1. The van der Waals surface area contributed by atoms with E-state index in [2.05, 4.69) is 36.1 Å². The number of nitrogens with zero attached hydrogens (tertiary/aromatic N) is 1. The molecule has 2 nitrogen and oxygen atoms in total. The highest BCUT2D eigenvalue weighted by Crippen LogP contribution is 2.13. The van der Waals surface area contributed by atoms with Gasteiger partial charge in [-0.2, -0.15) is 0 Å². The van der Waals surface area contributed by atoms with Gasteiger partial charge < -0.3 is 0 Å². The van der Waals surface area contributed by atoms with Crippen molar-refractivity contribution in [3.8, 4) is 0 Å². The molecule has 2 aromatic rings. The fourth-order valence-corrected chi connectivity index (χ4v) is 2.39. The maximum atomic E-state index is 12.5. The maximum absolute atomic E-state index is 12.5. The van der Waals surface area contributed by atoms with Crippen molar-refractivity contribution < 1.29 is 4.79 Å². The van der Waals surface area contributed by atoms with Crippen molar-refractivity contribution >= 4 is 5.78 Å². The molecule has 2 rings (SSSR count). The third kappa shape index (κ3) is 4.02. The number of aryl methyl sites for hydroxylation is 2. The molecule has 0 aliphatic heterocycles. The predicted octanol–water partition coefficient (Wildman–Crippen LogP) is 4.01. The Bertz CT molecular complexity index is 616. The number of hydrogen-bond acceptors (Lipinski definition) is 2. The van der Waals surface area contributed by atoms with E-state index < -0.39 is 0 Å². The highest BCUT2D eigenvalue weighted by molar-refractivity contribution is 5.99. The lowest BCUT2D eigenvalue weighted by Crippen LogP contribution is -2.35. The van der Waals surface area contributed by atoms with Gasteiger partial charge in [0.2, 0.25) is 0 Å². The quantitative estimate of drug-likeness (QED) is 0.772. The van der Waals surface area contributed by atoms with Gasteiger partial charge in [-0.3, -0.25) is 9.69 Å². The average molecular weight is 281 g/mol. The summed E-state index contributed by atoms with van der Waals surface area (Å²) in [5, 5.41) is 0. The van der Waals surface area contributed by atoms with Gasteiger partial charge in [0.25, 0.3) is 0 Å². The summed E-state index contributed by atoms with van der Waals surface area (Å²) in [7, 11) is 2.00. The molecule has 2 aromatic carbocycles. The second kappa shape index (κ2) is 6.68. The summed E-state index contributed by atoms with van der Waals surface area (Å²) < 4.78 is 0. The van der Waals surface area contributed by atoms with Crippen LogP contribution in [0.5, 0.6) is 0 Å². The van der Waals surface area contributed by atoms with Crippen LogP contribution >= 0.6 is 0 Å². The molecule has 0 N–H and O–H groups in total. The second-order valence-electron chi connectivity index (χ2n) is 5.81. The summed E-state index contributed by atoms with van der Waals surface area (Å²) in [6.45, 7) is 6.87. The van der Waals surface area contributed by atoms with E-state index in [0.717, 1.165) is 12.1 Å². The molecule has 0 bridgehead atoms. The van der Waals surface area contributed by atoms with E-state index in [1.807, 2.05) is 45.2 Å². The molecule has 0 saturated heterocycles.